The molecule has 1 aliphatic heterocycles. The lowest BCUT2D eigenvalue weighted by atomic mass is 10.1. The highest BCUT2D eigenvalue weighted by Gasteiger charge is 2.23. The van der Waals surface area contributed by atoms with E-state index in [9.17, 15) is 14.9 Å². The van der Waals surface area contributed by atoms with Crippen LogP contribution in [-0.4, -0.2) is 37.2 Å². The predicted molar refractivity (Wildman–Crippen MR) is 97.0 cm³/mol. The Kier molecular flexibility index (Phi) is 5.18. The van der Waals surface area contributed by atoms with Crippen molar-refractivity contribution in [3.63, 3.8) is 0 Å². The molecule has 3 rings (SSSR count). The Balaban J connectivity index is 1.95. The van der Waals surface area contributed by atoms with E-state index in [2.05, 4.69) is 0 Å². The Morgan fingerprint density at radius 3 is 2.54 bits per heavy atom. The minimum absolute atomic E-state index is 0.144. The molecular weight excluding hydrogens is 336 g/mol. The zero-order valence-electron chi connectivity index (χ0n) is 14.7. The molecule has 2 aromatic carbocycles. The fraction of sp³-hybridized carbons (Fsp3) is 0.316. The summed E-state index contributed by atoms with van der Waals surface area (Å²) in [6.07, 6.45) is 0. The molecule has 0 unspecified atom stereocenters. The van der Waals surface area contributed by atoms with E-state index in [1.807, 2.05) is 30.9 Å². The van der Waals surface area contributed by atoms with Crippen molar-refractivity contribution in [3.05, 3.63) is 63.2 Å². The molecule has 7 nitrogen and oxygen atoms in total. The summed E-state index contributed by atoms with van der Waals surface area (Å²) in [5, 5.41) is 11.1. The van der Waals surface area contributed by atoms with Gasteiger partial charge in [-0.15, -0.1) is 0 Å². The third kappa shape index (κ3) is 3.83. The third-order valence-corrected chi connectivity index (χ3v) is 4.30. The second-order valence-electron chi connectivity index (χ2n) is 6.22. The lowest BCUT2D eigenvalue weighted by Gasteiger charge is -2.30. The third-order valence-electron chi connectivity index (χ3n) is 4.30. The number of aryl methyl sites for hydroxylation is 2. The van der Waals surface area contributed by atoms with Gasteiger partial charge in [0.25, 0.3) is 5.69 Å². The minimum Gasteiger partial charge on any atom is -0.423 e. The molecular formula is C19H20N2O5. The summed E-state index contributed by atoms with van der Waals surface area (Å²) in [6.45, 7) is 6.12. The molecule has 1 aliphatic rings. The number of carbonyl (C=O) groups excluding carboxylic acids is 1. The van der Waals surface area contributed by atoms with E-state index in [-0.39, 0.29) is 11.3 Å². The van der Waals surface area contributed by atoms with E-state index < -0.39 is 10.9 Å². The molecule has 0 aromatic heterocycles. The number of ether oxygens (including phenoxy) is 2. The van der Waals surface area contributed by atoms with Gasteiger partial charge in [-0.2, -0.15) is 0 Å². The average molecular weight is 356 g/mol. The highest BCUT2D eigenvalue weighted by Crippen LogP contribution is 2.28. The van der Waals surface area contributed by atoms with Crippen LogP contribution in [0.3, 0.4) is 0 Å². The molecule has 0 saturated carbocycles. The SMILES string of the molecule is Cc1ccc(OC(=O)c2cc([N+](=O)[O-])ccc2N2CCOCC2)c(C)c1. The first kappa shape index (κ1) is 17.9. The predicted octanol–water partition coefficient (Wildman–Crippen LogP) is 3.27. The lowest BCUT2D eigenvalue weighted by Crippen LogP contribution is -2.37. The Bertz CT molecular complexity index is 844. The summed E-state index contributed by atoms with van der Waals surface area (Å²) in [5.74, 6) is -0.165. The summed E-state index contributed by atoms with van der Waals surface area (Å²) >= 11 is 0. The smallest absolute Gasteiger partial charge is 0.345 e. The van der Waals surface area contributed by atoms with Crippen LogP contribution in [0.25, 0.3) is 0 Å². The maximum atomic E-state index is 12.8. The van der Waals surface area contributed by atoms with Gasteiger partial charge in [0.15, 0.2) is 0 Å². The Morgan fingerprint density at radius 2 is 1.88 bits per heavy atom. The molecule has 0 atom stereocenters. The normalized spacial score (nSPS) is 14.2. The molecule has 7 heteroatoms. The standard InChI is InChI=1S/C19H20N2O5/c1-13-3-6-18(14(2)11-13)26-19(22)16-12-15(21(23)24)4-5-17(16)20-7-9-25-10-8-20/h3-6,11-12H,7-10H2,1-2H3. The molecule has 1 saturated heterocycles. The van der Waals surface area contributed by atoms with E-state index in [0.29, 0.717) is 37.7 Å². The minimum atomic E-state index is -0.609. The van der Waals surface area contributed by atoms with Crippen LogP contribution in [0, 0.1) is 24.0 Å². The van der Waals surface area contributed by atoms with Crippen LogP contribution < -0.4 is 9.64 Å². The molecule has 1 heterocycles. The number of carbonyl (C=O) groups is 1. The van der Waals surface area contributed by atoms with Gasteiger partial charge in [-0.25, -0.2) is 4.79 Å². The summed E-state index contributed by atoms with van der Waals surface area (Å²) in [4.78, 5) is 25.4. The summed E-state index contributed by atoms with van der Waals surface area (Å²) < 4.78 is 10.9. The fourth-order valence-electron chi connectivity index (χ4n) is 2.95. The van der Waals surface area contributed by atoms with Crippen LogP contribution in [0.1, 0.15) is 21.5 Å². The summed E-state index contributed by atoms with van der Waals surface area (Å²) in [7, 11) is 0. The average Bonchev–Trinajstić information content (AvgIpc) is 2.64. The number of nitro groups is 1. The molecule has 2 aromatic rings. The van der Waals surface area contributed by atoms with Crippen LogP contribution in [0.2, 0.25) is 0 Å². The van der Waals surface area contributed by atoms with Crippen molar-refractivity contribution < 1.29 is 19.2 Å². The number of non-ortho nitro benzene ring substituents is 1. The first-order valence-electron chi connectivity index (χ1n) is 8.36. The maximum Gasteiger partial charge on any atom is 0.345 e. The van der Waals surface area contributed by atoms with E-state index in [1.165, 1.54) is 12.1 Å². The van der Waals surface area contributed by atoms with Crippen LogP contribution in [0.4, 0.5) is 11.4 Å². The van der Waals surface area contributed by atoms with E-state index in [4.69, 9.17) is 9.47 Å². The van der Waals surface area contributed by atoms with Gasteiger partial charge < -0.3 is 14.4 Å². The van der Waals surface area contributed by atoms with Gasteiger partial charge in [-0.3, -0.25) is 10.1 Å². The summed E-state index contributed by atoms with van der Waals surface area (Å²) in [5.41, 5.74) is 2.55. The van der Waals surface area contributed by atoms with Crippen molar-refractivity contribution in [2.45, 2.75) is 13.8 Å². The van der Waals surface area contributed by atoms with Crippen molar-refractivity contribution in [2.75, 3.05) is 31.2 Å². The van der Waals surface area contributed by atoms with Gasteiger partial charge in [0.05, 0.1) is 29.4 Å². The van der Waals surface area contributed by atoms with Crippen LogP contribution in [0.5, 0.6) is 5.75 Å². The van der Waals surface area contributed by atoms with Gasteiger partial charge >= 0.3 is 5.97 Å². The molecule has 0 spiro atoms. The molecule has 0 radical (unpaired) electrons. The van der Waals surface area contributed by atoms with E-state index in [1.54, 1.807) is 12.1 Å². The molecule has 1 fully saturated rings. The van der Waals surface area contributed by atoms with Crippen LogP contribution in [-0.2, 0) is 4.74 Å². The van der Waals surface area contributed by atoms with Crippen LogP contribution >= 0.6 is 0 Å². The second kappa shape index (κ2) is 7.53. The van der Waals surface area contributed by atoms with Gasteiger partial charge in [-0.1, -0.05) is 17.7 Å². The van der Waals surface area contributed by atoms with E-state index >= 15 is 0 Å². The number of esters is 1. The first-order valence-corrected chi connectivity index (χ1v) is 8.36. The maximum absolute atomic E-state index is 12.8. The zero-order chi connectivity index (χ0) is 18.7. The number of morpholine rings is 1. The number of benzene rings is 2. The number of nitrogens with zero attached hydrogens (tertiary/aromatic N) is 2. The highest BCUT2D eigenvalue weighted by atomic mass is 16.6. The number of hydrogen-bond donors (Lipinski definition) is 0. The van der Waals surface area contributed by atoms with E-state index in [0.717, 1.165) is 11.1 Å². The Morgan fingerprint density at radius 1 is 1.15 bits per heavy atom. The van der Waals surface area contributed by atoms with Crippen molar-refractivity contribution in [2.24, 2.45) is 0 Å². The number of nitro benzene ring substituents is 1. The molecule has 136 valence electrons. The Labute approximate surface area is 151 Å². The van der Waals surface area contributed by atoms with Gasteiger partial charge in [0, 0.05) is 25.2 Å². The number of anilines is 1. The first-order chi connectivity index (χ1) is 12.5. The quantitative estimate of drug-likeness (QED) is 0.362. The van der Waals surface area contributed by atoms with Crippen molar-refractivity contribution >= 4 is 17.3 Å². The highest BCUT2D eigenvalue weighted by molar-refractivity contribution is 5.98. The van der Waals surface area contributed by atoms with Gasteiger partial charge in [-0.05, 0) is 31.5 Å². The topological polar surface area (TPSA) is 81.9 Å². The lowest BCUT2D eigenvalue weighted by molar-refractivity contribution is -0.384. The summed E-state index contributed by atoms with van der Waals surface area (Å²) in [6, 6.07) is 9.77. The monoisotopic (exact) mass is 356 g/mol. The van der Waals surface area contributed by atoms with Crippen molar-refractivity contribution in [1.82, 2.24) is 0 Å². The number of rotatable bonds is 4. The Hall–Kier alpha value is -2.93. The van der Waals surface area contributed by atoms with Gasteiger partial charge in [0.2, 0.25) is 0 Å². The molecule has 0 bridgehead atoms. The molecule has 0 amide bonds. The van der Waals surface area contributed by atoms with Crippen molar-refractivity contribution in [1.29, 1.82) is 0 Å². The number of hydrogen-bond acceptors (Lipinski definition) is 6. The van der Waals surface area contributed by atoms with Crippen LogP contribution in [0.15, 0.2) is 36.4 Å². The molecule has 26 heavy (non-hydrogen) atoms. The largest absolute Gasteiger partial charge is 0.423 e. The molecule has 0 N–H and O–H groups in total. The second-order valence-corrected chi connectivity index (χ2v) is 6.22. The van der Waals surface area contributed by atoms with Gasteiger partial charge in [0.1, 0.15) is 5.75 Å². The fourth-order valence-corrected chi connectivity index (χ4v) is 2.95. The zero-order valence-corrected chi connectivity index (χ0v) is 14.7. The molecule has 0 aliphatic carbocycles. The van der Waals surface area contributed by atoms with Crippen molar-refractivity contribution in [3.8, 4) is 5.75 Å².